The smallest absolute Gasteiger partial charge is 0.243 e. The Balaban J connectivity index is 1.44. The van der Waals surface area contributed by atoms with Gasteiger partial charge in [-0.15, -0.1) is 0 Å². The van der Waals surface area contributed by atoms with Gasteiger partial charge in [-0.2, -0.15) is 0 Å². The van der Waals surface area contributed by atoms with Crippen molar-refractivity contribution in [3.63, 3.8) is 0 Å². The lowest BCUT2D eigenvalue weighted by Crippen LogP contribution is -2.53. The number of para-hydroxylation sites is 2. The summed E-state index contributed by atoms with van der Waals surface area (Å²) < 4.78 is 0. The average Bonchev–Trinajstić information content (AvgIpc) is 2.96. The number of fused-ring (bicyclic) bond motifs is 2. The lowest BCUT2D eigenvalue weighted by molar-refractivity contribution is -0.131. The lowest BCUT2D eigenvalue weighted by Gasteiger charge is -2.32. The number of guanidine groups is 1. The van der Waals surface area contributed by atoms with Gasteiger partial charge in [0, 0.05) is 35.7 Å². The predicted molar refractivity (Wildman–Crippen MR) is 162 cm³/mol. The minimum Gasteiger partial charge on any atom is -0.370 e. The summed E-state index contributed by atoms with van der Waals surface area (Å²) in [7, 11) is 0. The maximum atomic E-state index is 13.3. The Hall–Kier alpha value is -4.51. The summed E-state index contributed by atoms with van der Waals surface area (Å²) in [6.45, 7) is 0.713. The second kappa shape index (κ2) is 14.2. The summed E-state index contributed by atoms with van der Waals surface area (Å²) >= 11 is 1.70. The number of primary amides is 1. The third kappa shape index (κ3) is 8.24. The molecule has 2 atom stereocenters. The standard InChI is InChI=1S/C30H35N7O3S/c31-28(39)22(19-20-9-2-1-3-10-20)36-29(40)21(11-8-17-34-30(32)33)35-27(38)16-18-37-23-12-4-6-14-25(23)41-26-15-7-5-13-24(26)37/h1-7,9-10,12-15,21-22H,8,11,16-19H2,(H2,31,39)(H,35,38)(H,36,40)(H4,32,33,34)/t21-,22-/m0/s1. The molecule has 3 aromatic rings. The number of nitrogens with two attached hydrogens (primary N) is 3. The van der Waals surface area contributed by atoms with Gasteiger partial charge in [0.1, 0.15) is 12.1 Å². The van der Waals surface area contributed by atoms with Gasteiger partial charge in [-0.3, -0.25) is 19.4 Å². The molecule has 0 saturated carbocycles. The molecule has 10 nitrogen and oxygen atoms in total. The molecule has 41 heavy (non-hydrogen) atoms. The Morgan fingerprint density at radius 2 is 1.41 bits per heavy atom. The third-order valence-corrected chi connectivity index (χ3v) is 7.76. The van der Waals surface area contributed by atoms with Crippen LogP contribution in [0.5, 0.6) is 0 Å². The van der Waals surface area contributed by atoms with Crippen LogP contribution in [-0.2, 0) is 20.8 Å². The van der Waals surface area contributed by atoms with Crippen molar-refractivity contribution >= 4 is 46.8 Å². The number of nitrogens with one attached hydrogen (secondary N) is 2. The van der Waals surface area contributed by atoms with Crippen molar-refractivity contribution in [3.8, 4) is 0 Å². The van der Waals surface area contributed by atoms with Crippen LogP contribution in [0.15, 0.2) is 93.6 Å². The number of nitrogens with zero attached hydrogens (tertiary/aromatic N) is 2. The monoisotopic (exact) mass is 573 g/mol. The van der Waals surface area contributed by atoms with Gasteiger partial charge >= 0.3 is 0 Å². The molecule has 1 heterocycles. The Morgan fingerprint density at radius 1 is 0.805 bits per heavy atom. The molecule has 3 amide bonds. The minimum atomic E-state index is -0.930. The average molecular weight is 574 g/mol. The van der Waals surface area contributed by atoms with E-state index in [2.05, 4.69) is 32.7 Å². The van der Waals surface area contributed by atoms with Crippen molar-refractivity contribution in [1.82, 2.24) is 10.6 Å². The molecule has 0 saturated heterocycles. The van der Waals surface area contributed by atoms with E-state index in [1.807, 2.05) is 66.7 Å². The number of benzene rings is 3. The van der Waals surface area contributed by atoms with Gasteiger partial charge in [0.05, 0.1) is 11.4 Å². The van der Waals surface area contributed by atoms with Gasteiger partial charge in [0.15, 0.2) is 5.96 Å². The van der Waals surface area contributed by atoms with Crippen LogP contribution >= 0.6 is 11.8 Å². The van der Waals surface area contributed by atoms with E-state index in [4.69, 9.17) is 17.2 Å². The number of hydrogen-bond acceptors (Lipinski definition) is 6. The van der Waals surface area contributed by atoms with Crippen LogP contribution in [0.25, 0.3) is 0 Å². The number of amides is 3. The van der Waals surface area contributed by atoms with Crippen molar-refractivity contribution in [2.75, 3.05) is 18.0 Å². The molecule has 1 aliphatic heterocycles. The van der Waals surface area contributed by atoms with Gasteiger partial charge < -0.3 is 32.7 Å². The van der Waals surface area contributed by atoms with Crippen molar-refractivity contribution in [2.45, 2.75) is 47.6 Å². The van der Waals surface area contributed by atoms with Crippen molar-refractivity contribution in [2.24, 2.45) is 22.2 Å². The van der Waals surface area contributed by atoms with Gasteiger partial charge in [-0.1, -0.05) is 66.4 Å². The van der Waals surface area contributed by atoms with Crippen molar-refractivity contribution in [1.29, 1.82) is 0 Å². The van der Waals surface area contributed by atoms with E-state index in [0.717, 1.165) is 26.7 Å². The fourth-order valence-corrected chi connectivity index (χ4v) is 5.71. The Morgan fingerprint density at radius 3 is 2.02 bits per heavy atom. The largest absolute Gasteiger partial charge is 0.370 e. The zero-order valence-corrected chi connectivity index (χ0v) is 23.5. The van der Waals surface area contributed by atoms with E-state index in [9.17, 15) is 14.4 Å². The molecule has 11 heteroatoms. The Bertz CT molecular complexity index is 1350. The highest BCUT2D eigenvalue weighted by molar-refractivity contribution is 7.99. The maximum Gasteiger partial charge on any atom is 0.243 e. The molecule has 214 valence electrons. The quantitative estimate of drug-likeness (QED) is 0.119. The number of carbonyl (C=O) groups is 3. The van der Waals surface area contributed by atoms with E-state index < -0.39 is 23.9 Å². The number of carbonyl (C=O) groups excluding carboxylic acids is 3. The first-order valence-corrected chi connectivity index (χ1v) is 14.3. The molecule has 0 radical (unpaired) electrons. The molecule has 8 N–H and O–H groups in total. The zero-order valence-electron chi connectivity index (χ0n) is 22.7. The summed E-state index contributed by atoms with van der Waals surface area (Å²) in [5.41, 5.74) is 19.4. The molecular weight excluding hydrogens is 538 g/mol. The molecule has 0 unspecified atom stereocenters. The zero-order chi connectivity index (χ0) is 29.2. The van der Waals surface area contributed by atoms with Crippen LogP contribution in [0.4, 0.5) is 11.4 Å². The lowest BCUT2D eigenvalue weighted by atomic mass is 10.0. The van der Waals surface area contributed by atoms with E-state index in [0.29, 0.717) is 19.5 Å². The van der Waals surface area contributed by atoms with Crippen LogP contribution in [0.2, 0.25) is 0 Å². The van der Waals surface area contributed by atoms with E-state index >= 15 is 0 Å². The van der Waals surface area contributed by atoms with Crippen LogP contribution in [0, 0.1) is 0 Å². The van der Waals surface area contributed by atoms with E-state index in [-0.39, 0.29) is 31.1 Å². The first kappa shape index (κ1) is 29.5. The normalized spacial score (nSPS) is 13.2. The first-order valence-electron chi connectivity index (χ1n) is 13.4. The summed E-state index contributed by atoms with van der Waals surface area (Å²) in [5, 5.41) is 5.58. The van der Waals surface area contributed by atoms with Crippen LogP contribution < -0.4 is 32.7 Å². The Labute approximate surface area is 243 Å². The second-order valence-electron chi connectivity index (χ2n) is 9.66. The molecule has 4 rings (SSSR count). The summed E-state index contributed by atoms with van der Waals surface area (Å²) in [6.07, 6.45) is 1.11. The number of hydrogen-bond donors (Lipinski definition) is 5. The highest BCUT2D eigenvalue weighted by Gasteiger charge is 2.27. The summed E-state index contributed by atoms with van der Waals surface area (Å²) in [4.78, 5) is 47.0. The molecule has 0 fully saturated rings. The first-order chi connectivity index (χ1) is 19.8. The SMILES string of the molecule is NC(=O)[C@H](Cc1ccccc1)NC(=O)[C@H](CCCN=C(N)N)NC(=O)CCN1c2ccccc2Sc2ccccc21. The molecule has 0 aliphatic carbocycles. The van der Waals surface area contributed by atoms with Gasteiger partial charge in [-0.05, 0) is 42.7 Å². The van der Waals surface area contributed by atoms with Crippen LogP contribution in [-0.4, -0.2) is 48.9 Å². The van der Waals surface area contributed by atoms with Crippen molar-refractivity contribution in [3.05, 3.63) is 84.4 Å². The second-order valence-corrected chi connectivity index (χ2v) is 10.7. The predicted octanol–water partition coefficient (Wildman–Crippen LogP) is 2.43. The highest BCUT2D eigenvalue weighted by atomic mass is 32.2. The van der Waals surface area contributed by atoms with Gasteiger partial charge in [0.25, 0.3) is 0 Å². The molecule has 0 spiro atoms. The van der Waals surface area contributed by atoms with Gasteiger partial charge in [-0.25, -0.2) is 0 Å². The third-order valence-electron chi connectivity index (χ3n) is 6.63. The van der Waals surface area contributed by atoms with Crippen LogP contribution in [0.1, 0.15) is 24.8 Å². The van der Waals surface area contributed by atoms with Crippen molar-refractivity contribution < 1.29 is 14.4 Å². The maximum absolute atomic E-state index is 13.3. The fraction of sp³-hybridized carbons (Fsp3) is 0.267. The van der Waals surface area contributed by atoms with Gasteiger partial charge in [0.2, 0.25) is 17.7 Å². The van der Waals surface area contributed by atoms with E-state index in [1.165, 1.54) is 0 Å². The summed E-state index contributed by atoms with van der Waals surface area (Å²) in [5.74, 6) is -1.49. The molecule has 0 aromatic heterocycles. The fourth-order valence-electron chi connectivity index (χ4n) is 4.62. The molecular formula is C30H35N7O3S. The van der Waals surface area contributed by atoms with E-state index in [1.54, 1.807) is 11.8 Å². The number of aliphatic imine (C=N–C) groups is 1. The van der Waals surface area contributed by atoms with Crippen LogP contribution in [0.3, 0.4) is 0 Å². The number of anilines is 2. The minimum absolute atomic E-state index is 0.0491. The summed E-state index contributed by atoms with van der Waals surface area (Å²) in [6, 6.07) is 23.6. The molecule has 1 aliphatic rings. The topological polar surface area (TPSA) is 169 Å². The molecule has 3 aromatic carbocycles. The molecule has 0 bridgehead atoms. The number of rotatable bonds is 13. The Kier molecular flexibility index (Phi) is 10.2. The highest BCUT2D eigenvalue weighted by Crippen LogP contribution is 2.47.